The van der Waals surface area contributed by atoms with Gasteiger partial charge in [-0.3, -0.25) is 19.5 Å². The first-order valence-electron chi connectivity index (χ1n) is 10.3. The summed E-state index contributed by atoms with van der Waals surface area (Å²) < 4.78 is 0. The molecule has 1 atom stereocenters. The second kappa shape index (κ2) is 7.97. The van der Waals surface area contributed by atoms with Gasteiger partial charge in [-0.25, -0.2) is 0 Å². The van der Waals surface area contributed by atoms with E-state index >= 15 is 0 Å². The summed E-state index contributed by atoms with van der Waals surface area (Å²) in [5.74, 6) is 0.482. The molecule has 6 heteroatoms. The van der Waals surface area contributed by atoms with Crippen molar-refractivity contribution < 1.29 is 9.59 Å². The molecule has 1 spiro atoms. The van der Waals surface area contributed by atoms with Crippen molar-refractivity contribution in [1.82, 2.24) is 19.7 Å². The highest BCUT2D eigenvalue weighted by molar-refractivity contribution is 5.79. The first-order chi connectivity index (χ1) is 13.1. The van der Waals surface area contributed by atoms with Gasteiger partial charge in [0.25, 0.3) is 0 Å². The molecule has 1 aromatic heterocycles. The van der Waals surface area contributed by atoms with Crippen LogP contribution in [0, 0.1) is 5.41 Å². The fourth-order valence-corrected chi connectivity index (χ4v) is 4.92. The summed E-state index contributed by atoms with van der Waals surface area (Å²) in [6.07, 6.45) is 7.82. The third-order valence-electron chi connectivity index (χ3n) is 6.40. The van der Waals surface area contributed by atoms with E-state index in [9.17, 15) is 9.59 Å². The van der Waals surface area contributed by atoms with Crippen LogP contribution in [0.4, 0.5) is 0 Å². The Morgan fingerprint density at radius 3 is 2.70 bits per heavy atom. The Bertz CT molecular complexity index is 674. The highest BCUT2D eigenvalue weighted by Crippen LogP contribution is 2.39. The second-order valence-corrected chi connectivity index (χ2v) is 8.47. The minimum absolute atomic E-state index is 0.0572. The van der Waals surface area contributed by atoms with Crippen LogP contribution in [0.25, 0.3) is 0 Å². The molecule has 3 fully saturated rings. The number of hydrogen-bond acceptors (Lipinski definition) is 4. The Kier molecular flexibility index (Phi) is 5.43. The van der Waals surface area contributed by atoms with Crippen LogP contribution in [-0.4, -0.2) is 70.8 Å². The van der Waals surface area contributed by atoms with Gasteiger partial charge in [0.15, 0.2) is 0 Å². The van der Waals surface area contributed by atoms with Crippen molar-refractivity contribution in [2.75, 3.05) is 39.3 Å². The minimum atomic E-state index is 0.0572. The summed E-state index contributed by atoms with van der Waals surface area (Å²) in [6, 6.07) is 5.83. The van der Waals surface area contributed by atoms with Crippen molar-refractivity contribution >= 4 is 11.8 Å². The molecule has 0 saturated carbocycles. The zero-order valence-electron chi connectivity index (χ0n) is 16.1. The Morgan fingerprint density at radius 2 is 1.93 bits per heavy atom. The van der Waals surface area contributed by atoms with Crippen molar-refractivity contribution in [3.63, 3.8) is 0 Å². The number of nitrogens with zero attached hydrogens (tertiary/aromatic N) is 4. The van der Waals surface area contributed by atoms with E-state index < -0.39 is 0 Å². The zero-order valence-corrected chi connectivity index (χ0v) is 16.1. The number of carbonyl (C=O) groups is 2. The standard InChI is InChI=1S/C21H30N4O2/c26-19-7-9-21(17-25(19)14-18-6-1-2-10-22-18)8-5-13-24(16-21)20(27)15-23-11-3-4-12-23/h1-2,6,10H,3-5,7-9,11-17H2/t21-/m1/s1. The van der Waals surface area contributed by atoms with E-state index in [1.54, 1.807) is 6.20 Å². The summed E-state index contributed by atoms with van der Waals surface area (Å²) in [7, 11) is 0. The molecule has 0 bridgehead atoms. The van der Waals surface area contributed by atoms with E-state index in [0.29, 0.717) is 19.5 Å². The van der Waals surface area contributed by atoms with Crippen molar-refractivity contribution in [3.05, 3.63) is 30.1 Å². The SMILES string of the molecule is O=C(CN1CCCC1)N1CCC[C@@]2(CCC(=O)N(Cc3ccccn3)C2)C1. The molecule has 0 radical (unpaired) electrons. The van der Waals surface area contributed by atoms with Gasteiger partial charge >= 0.3 is 0 Å². The Morgan fingerprint density at radius 1 is 1.07 bits per heavy atom. The molecule has 3 aliphatic heterocycles. The number of likely N-dealkylation sites (tertiary alicyclic amines) is 3. The van der Waals surface area contributed by atoms with E-state index in [0.717, 1.165) is 57.7 Å². The Labute approximate surface area is 161 Å². The largest absolute Gasteiger partial charge is 0.341 e. The number of carbonyl (C=O) groups excluding carboxylic acids is 2. The Balaban J connectivity index is 1.40. The molecular formula is C21H30N4O2. The summed E-state index contributed by atoms with van der Waals surface area (Å²) in [5, 5.41) is 0. The zero-order chi connectivity index (χ0) is 18.7. The summed E-state index contributed by atoms with van der Waals surface area (Å²) in [5.41, 5.74) is 0.988. The van der Waals surface area contributed by atoms with Crippen LogP contribution in [0.1, 0.15) is 44.2 Å². The van der Waals surface area contributed by atoms with Crippen LogP contribution in [0.15, 0.2) is 24.4 Å². The number of piperidine rings is 2. The lowest BCUT2D eigenvalue weighted by Gasteiger charge is -2.48. The lowest BCUT2D eigenvalue weighted by molar-refractivity contribution is -0.144. The van der Waals surface area contributed by atoms with Crippen molar-refractivity contribution in [1.29, 1.82) is 0 Å². The number of hydrogen-bond donors (Lipinski definition) is 0. The molecule has 146 valence electrons. The fraction of sp³-hybridized carbons (Fsp3) is 0.667. The summed E-state index contributed by atoms with van der Waals surface area (Å²) in [4.78, 5) is 36.0. The van der Waals surface area contributed by atoms with Crippen LogP contribution in [0.2, 0.25) is 0 Å². The van der Waals surface area contributed by atoms with E-state index in [2.05, 4.69) is 14.8 Å². The maximum atomic E-state index is 12.8. The van der Waals surface area contributed by atoms with Gasteiger partial charge in [-0.1, -0.05) is 6.07 Å². The molecule has 27 heavy (non-hydrogen) atoms. The molecule has 4 heterocycles. The van der Waals surface area contributed by atoms with Gasteiger partial charge in [0.2, 0.25) is 11.8 Å². The number of rotatable bonds is 4. The lowest BCUT2D eigenvalue weighted by Crippen LogP contribution is -2.55. The number of pyridine rings is 1. The summed E-state index contributed by atoms with van der Waals surface area (Å²) in [6.45, 7) is 5.65. The van der Waals surface area contributed by atoms with Gasteiger partial charge in [-0.05, 0) is 57.3 Å². The van der Waals surface area contributed by atoms with Crippen LogP contribution >= 0.6 is 0 Å². The molecule has 0 aromatic carbocycles. The highest BCUT2D eigenvalue weighted by Gasteiger charge is 2.42. The van der Waals surface area contributed by atoms with Gasteiger partial charge in [-0.15, -0.1) is 0 Å². The third-order valence-corrected chi connectivity index (χ3v) is 6.40. The third kappa shape index (κ3) is 4.32. The quantitative estimate of drug-likeness (QED) is 0.812. The first-order valence-corrected chi connectivity index (χ1v) is 10.3. The molecule has 0 aliphatic carbocycles. The van der Waals surface area contributed by atoms with Crippen molar-refractivity contribution in [2.24, 2.45) is 5.41 Å². The first kappa shape index (κ1) is 18.4. The van der Waals surface area contributed by atoms with E-state index in [1.165, 1.54) is 12.8 Å². The highest BCUT2D eigenvalue weighted by atomic mass is 16.2. The van der Waals surface area contributed by atoms with Gasteiger partial charge < -0.3 is 9.80 Å². The van der Waals surface area contributed by atoms with E-state index in [4.69, 9.17) is 0 Å². The van der Waals surface area contributed by atoms with E-state index in [1.807, 2.05) is 23.1 Å². The normalized spacial score (nSPS) is 26.7. The molecule has 0 N–H and O–H groups in total. The van der Waals surface area contributed by atoms with Crippen LogP contribution in [-0.2, 0) is 16.1 Å². The molecule has 2 amide bonds. The van der Waals surface area contributed by atoms with Gasteiger partial charge in [-0.2, -0.15) is 0 Å². The smallest absolute Gasteiger partial charge is 0.236 e. The maximum Gasteiger partial charge on any atom is 0.236 e. The average molecular weight is 370 g/mol. The van der Waals surface area contributed by atoms with Crippen LogP contribution < -0.4 is 0 Å². The molecule has 1 aromatic rings. The second-order valence-electron chi connectivity index (χ2n) is 8.47. The van der Waals surface area contributed by atoms with Crippen molar-refractivity contribution in [2.45, 2.75) is 45.1 Å². The summed E-state index contributed by atoms with van der Waals surface area (Å²) >= 11 is 0. The molecule has 6 nitrogen and oxygen atoms in total. The number of amides is 2. The molecule has 4 rings (SSSR count). The van der Waals surface area contributed by atoms with Gasteiger partial charge in [0.1, 0.15) is 0 Å². The predicted molar refractivity (Wildman–Crippen MR) is 103 cm³/mol. The van der Waals surface area contributed by atoms with Crippen LogP contribution in [0.3, 0.4) is 0 Å². The monoisotopic (exact) mass is 370 g/mol. The molecule has 0 unspecified atom stereocenters. The van der Waals surface area contributed by atoms with Crippen LogP contribution in [0.5, 0.6) is 0 Å². The van der Waals surface area contributed by atoms with Gasteiger partial charge in [0, 0.05) is 37.7 Å². The van der Waals surface area contributed by atoms with Gasteiger partial charge in [0.05, 0.1) is 18.8 Å². The fourth-order valence-electron chi connectivity index (χ4n) is 4.92. The predicted octanol–water partition coefficient (Wildman–Crippen LogP) is 1.91. The minimum Gasteiger partial charge on any atom is -0.341 e. The topological polar surface area (TPSA) is 56.8 Å². The average Bonchev–Trinajstić information content (AvgIpc) is 3.19. The van der Waals surface area contributed by atoms with Crippen molar-refractivity contribution in [3.8, 4) is 0 Å². The van der Waals surface area contributed by atoms with E-state index in [-0.39, 0.29) is 17.2 Å². The lowest BCUT2D eigenvalue weighted by atomic mass is 9.73. The Hall–Kier alpha value is -1.95. The molecule has 3 saturated heterocycles. The molecule has 3 aliphatic rings. The number of aromatic nitrogens is 1. The molecular weight excluding hydrogens is 340 g/mol. The maximum absolute atomic E-state index is 12.8.